The minimum absolute atomic E-state index is 0.545. The topological polar surface area (TPSA) is 24.5 Å². The first-order valence-electron chi connectivity index (χ1n) is 7.45. The highest BCUT2D eigenvalue weighted by molar-refractivity contribution is 4.96. The quantitative estimate of drug-likeness (QED) is 0.793. The molecule has 2 saturated carbocycles. The first kappa shape index (κ1) is 11.9. The van der Waals surface area contributed by atoms with Crippen LogP contribution in [0.3, 0.4) is 0 Å². The lowest BCUT2D eigenvalue weighted by Gasteiger charge is -2.47. The molecule has 2 aliphatic carbocycles. The minimum Gasteiger partial charge on any atom is -0.375 e. The SMILES string of the molecule is CNC1CCCCC1N1CCOC2CCCC21. The fraction of sp³-hybridized carbons (Fsp3) is 1.00. The molecule has 1 saturated heterocycles. The summed E-state index contributed by atoms with van der Waals surface area (Å²) in [5.74, 6) is 0. The van der Waals surface area contributed by atoms with Crippen LogP contribution in [0.1, 0.15) is 44.9 Å². The van der Waals surface area contributed by atoms with Gasteiger partial charge in [0.2, 0.25) is 0 Å². The van der Waals surface area contributed by atoms with Crippen molar-refractivity contribution >= 4 is 0 Å². The second-order valence-corrected chi connectivity index (χ2v) is 5.89. The van der Waals surface area contributed by atoms with E-state index < -0.39 is 0 Å². The van der Waals surface area contributed by atoms with Crippen molar-refractivity contribution in [2.45, 2.75) is 69.2 Å². The van der Waals surface area contributed by atoms with Crippen molar-refractivity contribution in [1.82, 2.24) is 10.2 Å². The van der Waals surface area contributed by atoms with Crippen molar-refractivity contribution in [1.29, 1.82) is 0 Å². The van der Waals surface area contributed by atoms with Gasteiger partial charge in [0, 0.05) is 24.7 Å². The van der Waals surface area contributed by atoms with Crippen LogP contribution in [0.25, 0.3) is 0 Å². The molecule has 0 spiro atoms. The largest absolute Gasteiger partial charge is 0.375 e. The molecule has 3 nitrogen and oxygen atoms in total. The lowest BCUT2D eigenvalue weighted by Crippen LogP contribution is -2.59. The molecule has 1 N–H and O–H groups in total. The monoisotopic (exact) mass is 238 g/mol. The summed E-state index contributed by atoms with van der Waals surface area (Å²) < 4.78 is 5.93. The maximum absolute atomic E-state index is 5.93. The summed E-state index contributed by atoms with van der Waals surface area (Å²) >= 11 is 0. The van der Waals surface area contributed by atoms with Crippen LogP contribution in [0, 0.1) is 0 Å². The van der Waals surface area contributed by atoms with Gasteiger partial charge in [-0.3, -0.25) is 4.90 Å². The molecule has 3 aliphatic rings. The molecule has 98 valence electrons. The Hall–Kier alpha value is -0.120. The predicted molar refractivity (Wildman–Crippen MR) is 69.2 cm³/mol. The zero-order chi connectivity index (χ0) is 11.7. The normalized spacial score (nSPS) is 43.6. The fourth-order valence-electron chi connectivity index (χ4n) is 4.21. The summed E-state index contributed by atoms with van der Waals surface area (Å²) in [5, 5.41) is 3.55. The van der Waals surface area contributed by atoms with E-state index in [0.29, 0.717) is 12.1 Å². The first-order valence-corrected chi connectivity index (χ1v) is 7.45. The molecule has 0 bridgehead atoms. The zero-order valence-corrected chi connectivity index (χ0v) is 11.0. The Bertz CT molecular complexity index is 259. The van der Waals surface area contributed by atoms with Gasteiger partial charge in [0.25, 0.3) is 0 Å². The van der Waals surface area contributed by atoms with Crippen molar-refractivity contribution < 1.29 is 4.74 Å². The molecule has 1 aliphatic heterocycles. The van der Waals surface area contributed by atoms with E-state index in [1.54, 1.807) is 0 Å². The minimum atomic E-state index is 0.545. The zero-order valence-electron chi connectivity index (χ0n) is 11.0. The third-order valence-corrected chi connectivity index (χ3v) is 5.05. The number of nitrogens with one attached hydrogen (secondary N) is 1. The number of morpholine rings is 1. The van der Waals surface area contributed by atoms with Crippen LogP contribution in [-0.4, -0.2) is 49.3 Å². The molecule has 3 rings (SSSR count). The molecule has 3 fully saturated rings. The van der Waals surface area contributed by atoms with Crippen LogP contribution in [0.4, 0.5) is 0 Å². The van der Waals surface area contributed by atoms with Gasteiger partial charge in [-0.2, -0.15) is 0 Å². The van der Waals surface area contributed by atoms with E-state index in [1.165, 1.54) is 44.9 Å². The molecule has 0 radical (unpaired) electrons. The van der Waals surface area contributed by atoms with Gasteiger partial charge in [0.15, 0.2) is 0 Å². The van der Waals surface area contributed by atoms with Gasteiger partial charge in [-0.1, -0.05) is 12.8 Å². The van der Waals surface area contributed by atoms with Crippen molar-refractivity contribution in [3.05, 3.63) is 0 Å². The number of rotatable bonds is 2. The van der Waals surface area contributed by atoms with E-state index in [1.807, 2.05) is 0 Å². The number of fused-ring (bicyclic) bond motifs is 1. The standard InChI is InChI=1S/C14H26N2O/c1-15-11-5-2-3-6-12(11)16-9-10-17-14-8-4-7-13(14)16/h11-15H,2-10H2,1H3. The molecule has 0 amide bonds. The molecule has 0 aromatic carbocycles. The Balaban J connectivity index is 1.72. The molecule has 3 heteroatoms. The summed E-state index contributed by atoms with van der Waals surface area (Å²) in [7, 11) is 2.13. The molecule has 0 aromatic heterocycles. The Kier molecular flexibility index (Phi) is 3.69. The highest BCUT2D eigenvalue weighted by Crippen LogP contribution is 2.34. The third kappa shape index (κ3) is 2.25. The summed E-state index contributed by atoms with van der Waals surface area (Å²) in [6.07, 6.45) is 10.1. The van der Waals surface area contributed by atoms with Crippen molar-refractivity contribution in [2.75, 3.05) is 20.2 Å². The average molecular weight is 238 g/mol. The van der Waals surface area contributed by atoms with Gasteiger partial charge in [-0.05, 0) is 39.2 Å². The van der Waals surface area contributed by atoms with E-state index in [9.17, 15) is 0 Å². The maximum atomic E-state index is 5.93. The Morgan fingerprint density at radius 1 is 1.00 bits per heavy atom. The Labute approximate surface area is 105 Å². The third-order valence-electron chi connectivity index (χ3n) is 5.05. The smallest absolute Gasteiger partial charge is 0.0731 e. The molecule has 4 atom stereocenters. The van der Waals surface area contributed by atoms with E-state index in [2.05, 4.69) is 17.3 Å². The summed E-state index contributed by atoms with van der Waals surface area (Å²) in [6, 6.07) is 2.20. The highest BCUT2D eigenvalue weighted by atomic mass is 16.5. The van der Waals surface area contributed by atoms with Crippen LogP contribution < -0.4 is 5.32 Å². The Morgan fingerprint density at radius 3 is 2.71 bits per heavy atom. The Morgan fingerprint density at radius 2 is 1.82 bits per heavy atom. The summed E-state index contributed by atoms with van der Waals surface area (Å²) in [6.45, 7) is 2.11. The van der Waals surface area contributed by atoms with Gasteiger partial charge >= 0.3 is 0 Å². The molecule has 4 unspecified atom stereocenters. The van der Waals surface area contributed by atoms with Gasteiger partial charge in [-0.15, -0.1) is 0 Å². The van der Waals surface area contributed by atoms with Crippen LogP contribution in [0.5, 0.6) is 0 Å². The van der Waals surface area contributed by atoms with Gasteiger partial charge in [0.05, 0.1) is 12.7 Å². The lowest BCUT2D eigenvalue weighted by atomic mass is 9.87. The highest BCUT2D eigenvalue weighted by Gasteiger charge is 2.41. The molecule has 0 aromatic rings. The predicted octanol–water partition coefficient (Wildman–Crippen LogP) is 1.77. The van der Waals surface area contributed by atoms with Gasteiger partial charge in [-0.25, -0.2) is 0 Å². The average Bonchev–Trinajstić information content (AvgIpc) is 2.86. The van der Waals surface area contributed by atoms with Crippen LogP contribution >= 0.6 is 0 Å². The van der Waals surface area contributed by atoms with E-state index in [-0.39, 0.29) is 0 Å². The maximum Gasteiger partial charge on any atom is 0.0731 e. The van der Waals surface area contributed by atoms with E-state index in [0.717, 1.165) is 25.2 Å². The number of hydrogen-bond donors (Lipinski definition) is 1. The number of ether oxygens (including phenoxy) is 1. The second-order valence-electron chi connectivity index (χ2n) is 5.89. The van der Waals surface area contributed by atoms with E-state index in [4.69, 9.17) is 4.74 Å². The first-order chi connectivity index (χ1) is 8.40. The van der Waals surface area contributed by atoms with Crippen molar-refractivity contribution in [3.63, 3.8) is 0 Å². The summed E-state index contributed by atoms with van der Waals surface area (Å²) in [4.78, 5) is 2.79. The molecular weight excluding hydrogens is 212 g/mol. The van der Waals surface area contributed by atoms with Crippen molar-refractivity contribution in [3.8, 4) is 0 Å². The number of nitrogens with zero attached hydrogens (tertiary/aromatic N) is 1. The van der Waals surface area contributed by atoms with E-state index >= 15 is 0 Å². The van der Waals surface area contributed by atoms with Crippen LogP contribution in [0.15, 0.2) is 0 Å². The lowest BCUT2D eigenvalue weighted by molar-refractivity contribution is -0.0811. The number of likely N-dealkylation sites (N-methyl/N-ethyl adjacent to an activating group) is 1. The van der Waals surface area contributed by atoms with Crippen molar-refractivity contribution in [2.24, 2.45) is 0 Å². The van der Waals surface area contributed by atoms with Crippen LogP contribution in [-0.2, 0) is 4.74 Å². The molecule has 17 heavy (non-hydrogen) atoms. The second kappa shape index (κ2) is 5.25. The molecule has 1 heterocycles. The summed E-state index contributed by atoms with van der Waals surface area (Å²) in [5.41, 5.74) is 0. The number of hydrogen-bond acceptors (Lipinski definition) is 3. The molecular formula is C14H26N2O. The fourth-order valence-corrected chi connectivity index (χ4v) is 4.21. The van der Waals surface area contributed by atoms with Gasteiger partial charge in [0.1, 0.15) is 0 Å². The van der Waals surface area contributed by atoms with Crippen LogP contribution in [0.2, 0.25) is 0 Å². The van der Waals surface area contributed by atoms with Gasteiger partial charge < -0.3 is 10.1 Å².